The number of hydrogen-bond donors (Lipinski definition) is 2. The normalized spacial score (nSPS) is 10.2. The number of anilines is 2. The fourth-order valence-electron chi connectivity index (χ4n) is 1.96. The minimum absolute atomic E-state index is 0.192. The predicted octanol–water partition coefficient (Wildman–Crippen LogP) is 2.01. The molecule has 0 aliphatic rings. The Morgan fingerprint density at radius 1 is 1.25 bits per heavy atom. The molecule has 2 rings (SSSR count). The number of nitrogens with one attached hydrogen (secondary N) is 1. The number of amides is 1. The molecular formula is C15H17N3O2. The molecule has 104 valence electrons. The number of aromatic amines is 1. The minimum Gasteiger partial charge on any atom is -0.399 e. The summed E-state index contributed by atoms with van der Waals surface area (Å²) in [6.07, 6.45) is 2.29. The van der Waals surface area contributed by atoms with Crippen LogP contribution >= 0.6 is 0 Å². The first kappa shape index (κ1) is 13.9. The highest BCUT2D eigenvalue weighted by Gasteiger charge is 2.17. The van der Waals surface area contributed by atoms with Crippen LogP contribution in [0, 0.1) is 0 Å². The Balaban J connectivity index is 2.35. The number of nitrogen functional groups attached to an aromatic ring is 1. The van der Waals surface area contributed by atoms with Crippen molar-refractivity contribution in [2.45, 2.75) is 13.3 Å². The Hall–Kier alpha value is -2.56. The van der Waals surface area contributed by atoms with Crippen molar-refractivity contribution in [2.75, 3.05) is 17.2 Å². The van der Waals surface area contributed by atoms with E-state index in [9.17, 15) is 9.59 Å². The van der Waals surface area contributed by atoms with Crippen LogP contribution in [0.25, 0.3) is 0 Å². The standard InChI is InChI=1S/C15H17N3O2/c1-2-9-18(13-5-3-12(16)4-6-13)15(20)11-7-8-17-14(19)10-11/h3-8,10H,2,9,16H2,1H3,(H,17,19). The van der Waals surface area contributed by atoms with Gasteiger partial charge in [-0.25, -0.2) is 0 Å². The van der Waals surface area contributed by atoms with E-state index in [1.807, 2.05) is 6.92 Å². The minimum atomic E-state index is -0.287. The van der Waals surface area contributed by atoms with E-state index >= 15 is 0 Å². The van der Waals surface area contributed by atoms with Gasteiger partial charge in [0.15, 0.2) is 0 Å². The van der Waals surface area contributed by atoms with Crippen LogP contribution in [0.2, 0.25) is 0 Å². The highest BCUT2D eigenvalue weighted by atomic mass is 16.2. The zero-order valence-electron chi connectivity index (χ0n) is 11.3. The van der Waals surface area contributed by atoms with Crippen LogP contribution in [-0.4, -0.2) is 17.4 Å². The van der Waals surface area contributed by atoms with Crippen molar-refractivity contribution in [3.8, 4) is 0 Å². The van der Waals surface area contributed by atoms with Gasteiger partial charge in [-0.1, -0.05) is 6.92 Å². The van der Waals surface area contributed by atoms with Gasteiger partial charge in [0.1, 0.15) is 0 Å². The number of carbonyl (C=O) groups excluding carboxylic acids is 1. The molecule has 0 spiro atoms. The molecule has 0 fully saturated rings. The van der Waals surface area contributed by atoms with Gasteiger partial charge in [-0.2, -0.15) is 0 Å². The molecule has 5 heteroatoms. The lowest BCUT2D eigenvalue weighted by Gasteiger charge is -2.22. The van der Waals surface area contributed by atoms with Crippen molar-refractivity contribution >= 4 is 17.3 Å². The number of hydrogen-bond acceptors (Lipinski definition) is 3. The van der Waals surface area contributed by atoms with Crippen molar-refractivity contribution in [1.29, 1.82) is 0 Å². The van der Waals surface area contributed by atoms with Crippen molar-refractivity contribution in [3.63, 3.8) is 0 Å². The largest absolute Gasteiger partial charge is 0.399 e. The average molecular weight is 271 g/mol. The maximum absolute atomic E-state index is 12.5. The molecule has 0 atom stereocenters. The van der Waals surface area contributed by atoms with Crippen LogP contribution in [0.3, 0.4) is 0 Å². The highest BCUT2D eigenvalue weighted by molar-refractivity contribution is 6.06. The first-order valence-electron chi connectivity index (χ1n) is 6.48. The molecule has 0 radical (unpaired) electrons. The smallest absolute Gasteiger partial charge is 0.258 e. The molecule has 1 heterocycles. The van der Waals surface area contributed by atoms with Gasteiger partial charge >= 0.3 is 0 Å². The lowest BCUT2D eigenvalue weighted by atomic mass is 10.2. The summed E-state index contributed by atoms with van der Waals surface area (Å²) < 4.78 is 0. The van der Waals surface area contributed by atoms with Crippen LogP contribution < -0.4 is 16.2 Å². The van der Waals surface area contributed by atoms with E-state index in [0.29, 0.717) is 17.8 Å². The summed E-state index contributed by atoms with van der Waals surface area (Å²) in [5.41, 5.74) is 7.16. The summed E-state index contributed by atoms with van der Waals surface area (Å²) in [4.78, 5) is 28.0. The summed E-state index contributed by atoms with van der Waals surface area (Å²) in [6, 6.07) is 10.0. The first-order valence-corrected chi connectivity index (χ1v) is 6.48. The maximum atomic E-state index is 12.5. The molecule has 1 aromatic heterocycles. The number of benzene rings is 1. The molecule has 0 bridgehead atoms. The molecule has 5 nitrogen and oxygen atoms in total. The molecule has 0 aliphatic carbocycles. The first-order chi connectivity index (χ1) is 9.61. The molecule has 0 unspecified atom stereocenters. The number of carbonyl (C=O) groups is 1. The maximum Gasteiger partial charge on any atom is 0.258 e. The van der Waals surface area contributed by atoms with Crippen LogP contribution in [0.1, 0.15) is 23.7 Å². The Bertz CT molecular complexity index is 647. The molecule has 2 aromatic rings. The highest BCUT2D eigenvalue weighted by Crippen LogP contribution is 2.19. The van der Waals surface area contributed by atoms with Crippen molar-refractivity contribution in [2.24, 2.45) is 0 Å². The Morgan fingerprint density at radius 3 is 2.55 bits per heavy atom. The van der Waals surface area contributed by atoms with Crippen molar-refractivity contribution in [3.05, 3.63) is 58.5 Å². The van der Waals surface area contributed by atoms with E-state index in [0.717, 1.165) is 12.1 Å². The number of rotatable bonds is 4. The van der Waals surface area contributed by atoms with Crippen LogP contribution in [0.5, 0.6) is 0 Å². The SMILES string of the molecule is CCCN(C(=O)c1cc[nH]c(=O)c1)c1ccc(N)cc1. The fourth-order valence-corrected chi connectivity index (χ4v) is 1.96. The second-order valence-corrected chi connectivity index (χ2v) is 4.49. The van der Waals surface area contributed by atoms with Crippen molar-refractivity contribution in [1.82, 2.24) is 4.98 Å². The number of pyridine rings is 1. The quantitative estimate of drug-likeness (QED) is 0.835. The third kappa shape index (κ3) is 3.06. The Labute approximate surface area is 117 Å². The average Bonchev–Trinajstić information content (AvgIpc) is 2.45. The van der Waals surface area contributed by atoms with Crippen LogP contribution in [0.4, 0.5) is 11.4 Å². The summed E-state index contributed by atoms with van der Waals surface area (Å²) in [5.74, 6) is -0.192. The Kier molecular flexibility index (Phi) is 4.20. The summed E-state index contributed by atoms with van der Waals surface area (Å²) in [7, 11) is 0. The van der Waals surface area contributed by atoms with E-state index in [1.165, 1.54) is 12.3 Å². The molecule has 1 aromatic carbocycles. The lowest BCUT2D eigenvalue weighted by Crippen LogP contribution is -2.32. The van der Waals surface area contributed by atoms with Crippen LogP contribution in [-0.2, 0) is 0 Å². The van der Waals surface area contributed by atoms with E-state index in [-0.39, 0.29) is 11.5 Å². The van der Waals surface area contributed by atoms with Crippen LogP contribution in [0.15, 0.2) is 47.4 Å². The number of nitrogens with two attached hydrogens (primary N) is 1. The van der Waals surface area contributed by atoms with E-state index in [4.69, 9.17) is 5.73 Å². The topological polar surface area (TPSA) is 79.2 Å². The summed E-state index contributed by atoms with van der Waals surface area (Å²) in [6.45, 7) is 2.57. The molecule has 1 amide bonds. The van der Waals surface area contributed by atoms with Crippen molar-refractivity contribution < 1.29 is 4.79 Å². The van der Waals surface area contributed by atoms with Gasteiger partial charge in [0.05, 0.1) is 0 Å². The van der Waals surface area contributed by atoms with Gasteiger partial charge in [0.2, 0.25) is 5.56 Å². The monoisotopic (exact) mass is 271 g/mol. The van der Waals surface area contributed by atoms with Gasteiger partial charge in [-0.05, 0) is 36.8 Å². The van der Waals surface area contributed by atoms with E-state index in [1.54, 1.807) is 35.2 Å². The molecule has 0 aliphatic heterocycles. The molecule has 20 heavy (non-hydrogen) atoms. The number of nitrogens with zero attached hydrogens (tertiary/aromatic N) is 1. The molecule has 3 N–H and O–H groups in total. The number of aromatic nitrogens is 1. The van der Waals surface area contributed by atoms with Gasteiger partial charge in [-0.3, -0.25) is 9.59 Å². The van der Waals surface area contributed by atoms with E-state index < -0.39 is 0 Å². The second kappa shape index (κ2) is 6.06. The second-order valence-electron chi connectivity index (χ2n) is 4.49. The molecule has 0 saturated heterocycles. The third-order valence-electron chi connectivity index (χ3n) is 2.92. The summed E-state index contributed by atoms with van der Waals surface area (Å²) in [5, 5.41) is 0. The van der Waals surface area contributed by atoms with Gasteiger partial charge in [-0.15, -0.1) is 0 Å². The summed E-state index contributed by atoms with van der Waals surface area (Å²) >= 11 is 0. The molecular weight excluding hydrogens is 254 g/mol. The zero-order valence-corrected chi connectivity index (χ0v) is 11.3. The molecule has 0 saturated carbocycles. The van der Waals surface area contributed by atoms with Gasteiger partial charge in [0, 0.05) is 35.7 Å². The zero-order chi connectivity index (χ0) is 14.5. The van der Waals surface area contributed by atoms with E-state index in [2.05, 4.69) is 4.98 Å². The Morgan fingerprint density at radius 2 is 1.95 bits per heavy atom. The third-order valence-corrected chi connectivity index (χ3v) is 2.92. The fraction of sp³-hybridized carbons (Fsp3) is 0.200. The van der Waals surface area contributed by atoms with Gasteiger partial charge in [0.25, 0.3) is 5.91 Å². The lowest BCUT2D eigenvalue weighted by molar-refractivity contribution is 0.0986. The van der Waals surface area contributed by atoms with Gasteiger partial charge < -0.3 is 15.6 Å². The predicted molar refractivity (Wildman–Crippen MR) is 79.9 cm³/mol. The number of H-pyrrole nitrogens is 1.